The lowest BCUT2D eigenvalue weighted by Gasteiger charge is -2.25. The number of aromatic nitrogens is 1. The smallest absolute Gasteiger partial charge is 0.337 e. The summed E-state index contributed by atoms with van der Waals surface area (Å²) in [5.41, 5.74) is 4.81. The van der Waals surface area contributed by atoms with Crippen LogP contribution in [0.2, 0.25) is 0 Å². The monoisotopic (exact) mass is 387 g/mol. The Bertz CT molecular complexity index is 1060. The number of carbonyl (C=O) groups is 2. The first kappa shape index (κ1) is 18.7. The molecule has 1 aliphatic heterocycles. The molecule has 1 atom stereocenters. The maximum atomic E-state index is 12.7. The fourth-order valence-electron chi connectivity index (χ4n) is 3.65. The van der Waals surface area contributed by atoms with Crippen LogP contribution < -0.4 is 10.2 Å². The molecule has 0 bridgehead atoms. The van der Waals surface area contributed by atoms with Gasteiger partial charge in [-0.2, -0.15) is 0 Å². The highest BCUT2D eigenvalue weighted by molar-refractivity contribution is 6.05. The minimum Gasteiger partial charge on any atom is -0.465 e. The van der Waals surface area contributed by atoms with E-state index < -0.39 is 5.97 Å². The molecule has 146 valence electrons. The zero-order valence-electron chi connectivity index (χ0n) is 16.3. The number of fused-ring (bicyclic) bond motifs is 1. The number of carbonyl (C=O) groups excluding carboxylic acids is 2. The van der Waals surface area contributed by atoms with Crippen molar-refractivity contribution in [1.82, 2.24) is 4.98 Å². The molecule has 1 unspecified atom stereocenters. The van der Waals surface area contributed by atoms with E-state index in [1.807, 2.05) is 18.2 Å². The number of amides is 1. The summed E-state index contributed by atoms with van der Waals surface area (Å²) in [6.07, 6.45) is 4.29. The third-order valence-electron chi connectivity index (χ3n) is 5.04. The Labute approximate surface area is 169 Å². The molecular weight excluding hydrogens is 366 g/mol. The maximum absolute atomic E-state index is 12.7. The van der Waals surface area contributed by atoms with E-state index in [-0.39, 0.29) is 5.91 Å². The molecule has 1 aliphatic rings. The molecule has 1 amide bonds. The summed E-state index contributed by atoms with van der Waals surface area (Å²) in [5, 5.41) is 2.84. The van der Waals surface area contributed by atoms with E-state index in [4.69, 9.17) is 0 Å². The quantitative estimate of drug-likeness (QED) is 0.679. The summed E-state index contributed by atoms with van der Waals surface area (Å²) in [7, 11) is 1.33. The summed E-state index contributed by atoms with van der Waals surface area (Å²) in [6.45, 7) is 2.16. The molecule has 0 saturated heterocycles. The Hall–Kier alpha value is -3.67. The Morgan fingerprint density at radius 3 is 2.59 bits per heavy atom. The third kappa shape index (κ3) is 3.69. The van der Waals surface area contributed by atoms with Gasteiger partial charge >= 0.3 is 5.97 Å². The number of rotatable bonds is 4. The van der Waals surface area contributed by atoms with Crippen LogP contribution in [0.15, 0.2) is 67.0 Å². The van der Waals surface area contributed by atoms with Crippen molar-refractivity contribution < 1.29 is 14.3 Å². The van der Waals surface area contributed by atoms with Crippen LogP contribution in [0.25, 0.3) is 0 Å². The molecule has 6 nitrogen and oxygen atoms in total. The number of pyridine rings is 1. The van der Waals surface area contributed by atoms with E-state index in [1.54, 1.807) is 36.7 Å². The highest BCUT2D eigenvalue weighted by atomic mass is 16.5. The molecular formula is C23H21N3O3. The summed E-state index contributed by atoms with van der Waals surface area (Å²) >= 11 is 0. The zero-order chi connectivity index (χ0) is 20.4. The summed E-state index contributed by atoms with van der Waals surface area (Å²) in [6, 6.07) is 17.0. The lowest BCUT2D eigenvalue weighted by Crippen LogP contribution is -2.24. The fourth-order valence-corrected chi connectivity index (χ4v) is 3.65. The van der Waals surface area contributed by atoms with Crippen molar-refractivity contribution in [3.63, 3.8) is 0 Å². The predicted octanol–water partition coefficient (Wildman–Crippen LogP) is 4.20. The number of benzene rings is 2. The van der Waals surface area contributed by atoms with E-state index in [9.17, 15) is 9.59 Å². The van der Waals surface area contributed by atoms with Crippen LogP contribution in [-0.4, -0.2) is 30.0 Å². The number of nitrogens with one attached hydrogen (secondary N) is 1. The largest absolute Gasteiger partial charge is 0.465 e. The average Bonchev–Trinajstić information content (AvgIpc) is 3.09. The van der Waals surface area contributed by atoms with Crippen molar-refractivity contribution in [2.45, 2.75) is 19.4 Å². The number of hydrogen-bond acceptors (Lipinski definition) is 5. The van der Waals surface area contributed by atoms with Gasteiger partial charge in [0.05, 0.1) is 30.1 Å². The molecule has 0 fully saturated rings. The molecule has 4 rings (SSSR count). The van der Waals surface area contributed by atoms with Crippen LogP contribution in [0, 0.1) is 0 Å². The van der Waals surface area contributed by atoms with E-state index in [0.29, 0.717) is 22.9 Å². The number of para-hydroxylation sites is 1. The molecule has 0 aliphatic carbocycles. The first-order chi connectivity index (χ1) is 14.1. The van der Waals surface area contributed by atoms with Crippen molar-refractivity contribution in [3.8, 4) is 0 Å². The standard InChI is InChI=1S/C23H21N3O3/c1-15-11-17-5-3-4-6-21(17)26(15)20-12-18(13-24-14-20)22(27)25-19-9-7-16(8-10-19)23(28)29-2/h3-10,12-15H,11H2,1-2H3,(H,25,27). The zero-order valence-corrected chi connectivity index (χ0v) is 16.3. The van der Waals surface area contributed by atoms with E-state index in [2.05, 4.69) is 39.0 Å². The number of nitrogens with zero attached hydrogens (tertiary/aromatic N) is 2. The van der Waals surface area contributed by atoms with Crippen molar-refractivity contribution >= 4 is 28.9 Å². The summed E-state index contributed by atoms with van der Waals surface area (Å²) in [5.74, 6) is -0.676. The molecule has 29 heavy (non-hydrogen) atoms. The summed E-state index contributed by atoms with van der Waals surface area (Å²) in [4.78, 5) is 30.7. The van der Waals surface area contributed by atoms with E-state index in [0.717, 1.165) is 17.8 Å². The molecule has 2 aromatic carbocycles. The molecule has 6 heteroatoms. The Morgan fingerprint density at radius 2 is 1.83 bits per heavy atom. The van der Waals surface area contributed by atoms with Gasteiger partial charge in [0.15, 0.2) is 0 Å². The second-order valence-electron chi connectivity index (χ2n) is 7.01. The maximum Gasteiger partial charge on any atom is 0.337 e. The Morgan fingerprint density at radius 1 is 1.07 bits per heavy atom. The van der Waals surface area contributed by atoms with Crippen LogP contribution in [0.1, 0.15) is 33.2 Å². The molecule has 0 saturated carbocycles. The van der Waals surface area contributed by atoms with Gasteiger partial charge in [-0.15, -0.1) is 0 Å². The lowest BCUT2D eigenvalue weighted by molar-refractivity contribution is 0.0600. The number of hydrogen-bond donors (Lipinski definition) is 1. The Kier molecular flexibility index (Phi) is 4.99. The normalized spacial score (nSPS) is 15.0. The first-order valence-corrected chi connectivity index (χ1v) is 9.39. The van der Waals surface area contributed by atoms with Gasteiger partial charge in [-0.25, -0.2) is 4.79 Å². The molecule has 1 aromatic heterocycles. The van der Waals surface area contributed by atoms with Gasteiger partial charge in [0.1, 0.15) is 0 Å². The highest BCUT2D eigenvalue weighted by Gasteiger charge is 2.27. The fraction of sp³-hybridized carbons (Fsp3) is 0.174. The van der Waals surface area contributed by atoms with E-state index >= 15 is 0 Å². The summed E-state index contributed by atoms with van der Waals surface area (Å²) < 4.78 is 4.68. The van der Waals surface area contributed by atoms with Gasteiger partial charge in [-0.05, 0) is 55.3 Å². The van der Waals surface area contributed by atoms with Crippen LogP contribution in [-0.2, 0) is 11.2 Å². The van der Waals surface area contributed by atoms with Crippen LogP contribution >= 0.6 is 0 Å². The number of methoxy groups -OCH3 is 1. The van der Waals surface area contributed by atoms with Gasteiger partial charge in [0.25, 0.3) is 5.91 Å². The highest BCUT2D eigenvalue weighted by Crippen LogP contribution is 2.37. The SMILES string of the molecule is COC(=O)c1ccc(NC(=O)c2cncc(N3c4ccccc4CC3C)c2)cc1. The van der Waals surface area contributed by atoms with Crippen LogP contribution in [0.5, 0.6) is 0 Å². The second-order valence-corrected chi connectivity index (χ2v) is 7.01. The number of ether oxygens (including phenoxy) is 1. The van der Waals surface area contributed by atoms with Crippen molar-refractivity contribution in [2.24, 2.45) is 0 Å². The minimum atomic E-state index is -0.417. The topological polar surface area (TPSA) is 71.5 Å². The van der Waals surface area contributed by atoms with Crippen molar-refractivity contribution in [2.75, 3.05) is 17.3 Å². The predicted molar refractivity (Wildman–Crippen MR) is 112 cm³/mol. The van der Waals surface area contributed by atoms with Gasteiger partial charge < -0.3 is 15.0 Å². The van der Waals surface area contributed by atoms with E-state index in [1.165, 1.54) is 12.7 Å². The van der Waals surface area contributed by atoms with Crippen LogP contribution in [0.4, 0.5) is 17.1 Å². The molecule has 0 radical (unpaired) electrons. The van der Waals surface area contributed by atoms with Crippen LogP contribution in [0.3, 0.4) is 0 Å². The number of esters is 1. The molecule has 0 spiro atoms. The Balaban J connectivity index is 1.54. The molecule has 2 heterocycles. The lowest BCUT2D eigenvalue weighted by atomic mass is 10.1. The molecule has 3 aromatic rings. The van der Waals surface area contributed by atoms with Crippen molar-refractivity contribution in [1.29, 1.82) is 0 Å². The van der Waals surface area contributed by atoms with Gasteiger partial charge in [0.2, 0.25) is 0 Å². The van der Waals surface area contributed by atoms with Crippen molar-refractivity contribution in [3.05, 3.63) is 83.7 Å². The van der Waals surface area contributed by atoms with Gasteiger partial charge in [0, 0.05) is 23.6 Å². The van der Waals surface area contributed by atoms with Gasteiger partial charge in [-0.1, -0.05) is 18.2 Å². The van der Waals surface area contributed by atoms with Gasteiger partial charge in [-0.3, -0.25) is 9.78 Å². The minimum absolute atomic E-state index is 0.259. The number of anilines is 3. The molecule has 1 N–H and O–H groups in total. The second kappa shape index (κ2) is 7.75. The third-order valence-corrected chi connectivity index (χ3v) is 5.04. The average molecular weight is 387 g/mol. The first-order valence-electron chi connectivity index (χ1n) is 9.39.